The van der Waals surface area contributed by atoms with Gasteiger partial charge in [0.1, 0.15) is 0 Å². The molecule has 3 aliphatic heterocycles. The molecule has 29 heavy (non-hydrogen) atoms. The van der Waals surface area contributed by atoms with E-state index in [4.69, 9.17) is 4.74 Å². The van der Waals surface area contributed by atoms with Gasteiger partial charge in [0.25, 0.3) is 0 Å². The third-order valence-electron chi connectivity index (χ3n) is 7.74. The van der Waals surface area contributed by atoms with Crippen LogP contribution in [0.4, 0.5) is 0 Å². The molecule has 3 fully saturated rings. The van der Waals surface area contributed by atoms with Gasteiger partial charge in [-0.1, -0.05) is 30.3 Å². The number of benzene rings is 1. The van der Waals surface area contributed by atoms with Crippen molar-refractivity contribution in [1.82, 2.24) is 9.80 Å². The molecule has 5 rings (SSSR count). The quantitative estimate of drug-likeness (QED) is 0.765. The number of amides is 1. The van der Waals surface area contributed by atoms with E-state index in [1.165, 1.54) is 42.6 Å². The van der Waals surface area contributed by atoms with Gasteiger partial charge >= 0.3 is 0 Å². The van der Waals surface area contributed by atoms with Crippen LogP contribution in [0.15, 0.2) is 30.3 Å². The number of hydrogen-bond donors (Lipinski definition) is 0. The minimum Gasteiger partial charge on any atom is -0.381 e. The summed E-state index contributed by atoms with van der Waals surface area (Å²) in [5, 5.41) is 0. The van der Waals surface area contributed by atoms with E-state index in [0.29, 0.717) is 24.3 Å². The zero-order valence-corrected chi connectivity index (χ0v) is 17.7. The number of hydrogen-bond acceptors (Lipinski definition) is 3. The molecule has 4 heteroatoms. The molecule has 1 aromatic rings. The molecule has 0 bridgehead atoms. The first-order valence-electron chi connectivity index (χ1n) is 11.6. The van der Waals surface area contributed by atoms with Crippen LogP contribution < -0.4 is 0 Å². The Balaban J connectivity index is 1.19. The molecule has 4 nitrogen and oxygen atoms in total. The van der Waals surface area contributed by atoms with Crippen molar-refractivity contribution >= 4 is 11.5 Å². The number of likely N-dealkylation sites (tertiary alicyclic amines) is 2. The van der Waals surface area contributed by atoms with Crippen molar-refractivity contribution in [3.63, 3.8) is 0 Å². The van der Waals surface area contributed by atoms with E-state index in [9.17, 15) is 4.79 Å². The van der Waals surface area contributed by atoms with Gasteiger partial charge in [-0.05, 0) is 68.2 Å². The normalized spacial score (nSPS) is 32.0. The summed E-state index contributed by atoms with van der Waals surface area (Å²) < 4.78 is 5.43. The number of nitrogens with zero attached hydrogens (tertiary/aromatic N) is 2. The van der Waals surface area contributed by atoms with E-state index < -0.39 is 0 Å². The average molecular weight is 395 g/mol. The van der Waals surface area contributed by atoms with Gasteiger partial charge in [-0.3, -0.25) is 4.79 Å². The maximum atomic E-state index is 12.8. The third kappa shape index (κ3) is 3.89. The van der Waals surface area contributed by atoms with Gasteiger partial charge in [0.15, 0.2) is 0 Å². The van der Waals surface area contributed by atoms with Gasteiger partial charge in [-0.2, -0.15) is 0 Å². The van der Waals surface area contributed by atoms with Crippen LogP contribution in [-0.2, 0) is 16.0 Å². The Morgan fingerprint density at radius 3 is 2.76 bits per heavy atom. The highest BCUT2D eigenvalue weighted by Crippen LogP contribution is 2.43. The fourth-order valence-electron chi connectivity index (χ4n) is 5.85. The molecular weight excluding hydrogens is 360 g/mol. The van der Waals surface area contributed by atoms with E-state index in [2.05, 4.69) is 47.1 Å². The summed E-state index contributed by atoms with van der Waals surface area (Å²) in [6.45, 7) is 7.96. The summed E-state index contributed by atoms with van der Waals surface area (Å²) in [7, 11) is 0. The van der Waals surface area contributed by atoms with E-state index in [1.807, 2.05) is 0 Å². The first-order valence-corrected chi connectivity index (χ1v) is 11.6. The van der Waals surface area contributed by atoms with E-state index in [1.54, 1.807) is 0 Å². The molecule has 156 valence electrons. The molecule has 0 saturated carbocycles. The predicted octanol–water partition coefficient (Wildman–Crippen LogP) is 3.61. The van der Waals surface area contributed by atoms with E-state index in [0.717, 1.165) is 45.0 Å². The van der Waals surface area contributed by atoms with Crippen LogP contribution in [0.1, 0.15) is 43.7 Å². The van der Waals surface area contributed by atoms with Gasteiger partial charge in [0.05, 0.1) is 12.5 Å². The molecule has 0 N–H and O–H groups in total. The Bertz CT molecular complexity index is 766. The summed E-state index contributed by atoms with van der Waals surface area (Å²) in [5.41, 5.74) is 4.26. The van der Waals surface area contributed by atoms with E-state index in [-0.39, 0.29) is 5.92 Å². The lowest BCUT2D eigenvalue weighted by Gasteiger charge is -2.21. The molecular formula is C25H34N2O2. The highest BCUT2D eigenvalue weighted by molar-refractivity contribution is 5.81. The third-order valence-corrected chi connectivity index (χ3v) is 7.74. The lowest BCUT2D eigenvalue weighted by molar-refractivity contribution is -0.134. The number of carbonyl (C=O) groups excluding carboxylic acids is 1. The van der Waals surface area contributed by atoms with Crippen molar-refractivity contribution < 1.29 is 9.53 Å². The number of rotatable bonds is 5. The molecule has 4 atom stereocenters. The van der Waals surface area contributed by atoms with Crippen LogP contribution in [0, 0.1) is 17.8 Å². The SMILES string of the molecule is C[C@@H]1CCCN1CCc1ccc(C2=CC[C@@H]3CN(C(=O)C4CCOC4)C[C@H]23)cc1. The average Bonchev–Trinajstić information content (AvgIpc) is 3.51. The maximum absolute atomic E-state index is 12.8. The number of fused-ring (bicyclic) bond motifs is 1. The predicted molar refractivity (Wildman–Crippen MR) is 115 cm³/mol. The molecule has 4 aliphatic rings. The molecule has 1 aliphatic carbocycles. The van der Waals surface area contributed by atoms with Crippen LogP contribution in [-0.4, -0.2) is 61.1 Å². The number of ether oxygens (including phenoxy) is 1. The van der Waals surface area contributed by atoms with Crippen molar-refractivity contribution in [3.05, 3.63) is 41.5 Å². The Morgan fingerprint density at radius 1 is 1.17 bits per heavy atom. The second kappa shape index (κ2) is 8.23. The van der Waals surface area contributed by atoms with Crippen LogP contribution in [0.3, 0.4) is 0 Å². The van der Waals surface area contributed by atoms with Crippen LogP contribution in [0.2, 0.25) is 0 Å². The summed E-state index contributed by atoms with van der Waals surface area (Å²) in [6.07, 6.45) is 8.27. The minimum atomic E-state index is 0.0962. The van der Waals surface area contributed by atoms with Crippen molar-refractivity contribution in [1.29, 1.82) is 0 Å². The molecule has 3 heterocycles. The van der Waals surface area contributed by atoms with Gasteiger partial charge in [-0.25, -0.2) is 0 Å². The molecule has 3 saturated heterocycles. The summed E-state index contributed by atoms with van der Waals surface area (Å²) >= 11 is 0. The molecule has 0 aromatic heterocycles. The fraction of sp³-hybridized carbons (Fsp3) is 0.640. The van der Waals surface area contributed by atoms with Crippen LogP contribution in [0.25, 0.3) is 5.57 Å². The van der Waals surface area contributed by atoms with Gasteiger partial charge < -0.3 is 14.5 Å². The molecule has 1 unspecified atom stereocenters. The van der Waals surface area contributed by atoms with Crippen LogP contribution in [0.5, 0.6) is 0 Å². The number of carbonyl (C=O) groups is 1. The lowest BCUT2D eigenvalue weighted by atomic mass is 9.90. The van der Waals surface area contributed by atoms with Gasteiger partial charge in [0, 0.05) is 38.2 Å². The summed E-state index contributed by atoms with van der Waals surface area (Å²) in [5.74, 6) is 1.53. The second-order valence-corrected chi connectivity index (χ2v) is 9.54. The molecule has 1 aromatic carbocycles. The molecule has 1 amide bonds. The highest BCUT2D eigenvalue weighted by Gasteiger charge is 2.42. The van der Waals surface area contributed by atoms with E-state index >= 15 is 0 Å². The first-order chi connectivity index (χ1) is 14.2. The monoisotopic (exact) mass is 394 g/mol. The first kappa shape index (κ1) is 19.3. The smallest absolute Gasteiger partial charge is 0.228 e. The van der Waals surface area contributed by atoms with Crippen molar-refractivity contribution in [2.24, 2.45) is 17.8 Å². The Hall–Kier alpha value is -1.65. The van der Waals surface area contributed by atoms with Crippen LogP contribution >= 0.6 is 0 Å². The van der Waals surface area contributed by atoms with Crippen molar-refractivity contribution in [3.8, 4) is 0 Å². The topological polar surface area (TPSA) is 32.8 Å². The zero-order valence-electron chi connectivity index (χ0n) is 17.7. The Morgan fingerprint density at radius 2 is 2.03 bits per heavy atom. The zero-order chi connectivity index (χ0) is 19.8. The fourth-order valence-corrected chi connectivity index (χ4v) is 5.85. The Labute approximate surface area is 174 Å². The maximum Gasteiger partial charge on any atom is 0.228 e. The standard InChI is InChI=1S/C25H34N2O2/c1-18-3-2-12-26(18)13-10-19-4-6-20(7-5-19)23-9-8-21-15-27(16-24(21)23)25(28)22-11-14-29-17-22/h4-7,9,18,21-22,24H,2-3,8,10-17H2,1H3/t18-,21-,22?,24+/m1/s1. The summed E-state index contributed by atoms with van der Waals surface area (Å²) in [4.78, 5) is 17.5. The van der Waals surface area contributed by atoms with Crippen molar-refractivity contribution in [2.45, 2.75) is 45.1 Å². The molecule has 0 radical (unpaired) electrons. The minimum absolute atomic E-state index is 0.0962. The highest BCUT2D eigenvalue weighted by atomic mass is 16.5. The van der Waals surface area contributed by atoms with Gasteiger partial charge in [0.2, 0.25) is 5.91 Å². The van der Waals surface area contributed by atoms with Gasteiger partial charge in [-0.15, -0.1) is 0 Å². The Kier molecular flexibility index (Phi) is 5.49. The number of allylic oxidation sites excluding steroid dienone is 1. The van der Waals surface area contributed by atoms with Crippen molar-refractivity contribution in [2.75, 3.05) is 39.4 Å². The lowest BCUT2D eigenvalue weighted by Crippen LogP contribution is -2.35. The largest absolute Gasteiger partial charge is 0.381 e. The second-order valence-electron chi connectivity index (χ2n) is 9.54. The molecule has 0 spiro atoms. The summed E-state index contributed by atoms with van der Waals surface area (Å²) in [6, 6.07) is 10.0.